The lowest BCUT2D eigenvalue weighted by Crippen LogP contribution is -2.34. The molecule has 8 heteroatoms. The Balaban J connectivity index is 0.00000288. The van der Waals surface area contributed by atoms with E-state index in [1.165, 1.54) is 0 Å². The second-order valence-corrected chi connectivity index (χ2v) is 5.86. The highest BCUT2D eigenvalue weighted by atomic mass is 35.5. The van der Waals surface area contributed by atoms with Crippen LogP contribution in [0.1, 0.15) is 23.2 Å². The van der Waals surface area contributed by atoms with Crippen LogP contribution in [0, 0.1) is 5.92 Å². The Hall–Kier alpha value is -1.34. The standard InChI is InChI=1S/C16H22ClN3O3.ClH/c1-23-9-8-19-16(22)13-3-2-12(10-14(13)17)20-15(21)11-4-6-18-7-5-11;/h2-3,10-11,18H,4-9H2,1H3,(H,19,22)(H,20,21);1H. The van der Waals surface area contributed by atoms with Gasteiger partial charge in [-0.05, 0) is 44.1 Å². The number of piperidine rings is 1. The number of anilines is 1. The van der Waals surface area contributed by atoms with E-state index in [1.807, 2.05) is 0 Å². The van der Waals surface area contributed by atoms with Gasteiger partial charge in [0.15, 0.2) is 0 Å². The van der Waals surface area contributed by atoms with Crippen LogP contribution in [0.3, 0.4) is 0 Å². The van der Waals surface area contributed by atoms with E-state index in [-0.39, 0.29) is 30.1 Å². The van der Waals surface area contributed by atoms with Gasteiger partial charge in [-0.1, -0.05) is 11.6 Å². The van der Waals surface area contributed by atoms with Gasteiger partial charge in [-0.2, -0.15) is 0 Å². The number of amides is 2. The molecule has 1 saturated heterocycles. The third-order valence-electron chi connectivity index (χ3n) is 3.78. The summed E-state index contributed by atoms with van der Waals surface area (Å²) >= 11 is 6.15. The fourth-order valence-corrected chi connectivity index (χ4v) is 2.73. The highest BCUT2D eigenvalue weighted by Crippen LogP contribution is 2.22. The van der Waals surface area contributed by atoms with E-state index >= 15 is 0 Å². The van der Waals surface area contributed by atoms with Gasteiger partial charge in [0.25, 0.3) is 5.91 Å². The molecule has 1 aliphatic rings. The van der Waals surface area contributed by atoms with Gasteiger partial charge >= 0.3 is 0 Å². The normalized spacial score (nSPS) is 14.6. The molecule has 3 N–H and O–H groups in total. The van der Waals surface area contributed by atoms with Gasteiger partial charge in [0.1, 0.15) is 0 Å². The van der Waals surface area contributed by atoms with Gasteiger partial charge in [0, 0.05) is 25.3 Å². The molecule has 0 saturated carbocycles. The molecule has 0 unspecified atom stereocenters. The number of rotatable bonds is 6. The van der Waals surface area contributed by atoms with E-state index < -0.39 is 0 Å². The maximum absolute atomic E-state index is 12.2. The molecule has 2 rings (SSSR count). The molecule has 134 valence electrons. The Kier molecular flexibility index (Phi) is 9.07. The molecule has 2 amide bonds. The minimum absolute atomic E-state index is 0. The zero-order chi connectivity index (χ0) is 16.7. The number of methoxy groups -OCH3 is 1. The molecule has 0 bridgehead atoms. The van der Waals surface area contributed by atoms with Crippen molar-refractivity contribution in [3.05, 3.63) is 28.8 Å². The highest BCUT2D eigenvalue weighted by Gasteiger charge is 2.21. The summed E-state index contributed by atoms with van der Waals surface area (Å²) in [7, 11) is 1.57. The number of nitrogens with one attached hydrogen (secondary N) is 3. The first kappa shape index (κ1) is 20.7. The van der Waals surface area contributed by atoms with Crippen LogP contribution in [-0.4, -0.2) is 45.2 Å². The second kappa shape index (κ2) is 10.5. The lowest BCUT2D eigenvalue weighted by atomic mass is 9.97. The van der Waals surface area contributed by atoms with Crippen LogP contribution in [0.25, 0.3) is 0 Å². The molecular formula is C16H23Cl2N3O3. The van der Waals surface area contributed by atoms with Crippen LogP contribution >= 0.6 is 24.0 Å². The second-order valence-electron chi connectivity index (χ2n) is 5.46. The summed E-state index contributed by atoms with van der Waals surface area (Å²) in [5.41, 5.74) is 0.981. The van der Waals surface area contributed by atoms with Crippen molar-refractivity contribution in [1.82, 2.24) is 10.6 Å². The molecule has 0 radical (unpaired) electrons. The molecule has 1 fully saturated rings. The van der Waals surface area contributed by atoms with E-state index in [4.69, 9.17) is 16.3 Å². The molecule has 0 aliphatic carbocycles. The van der Waals surface area contributed by atoms with E-state index in [9.17, 15) is 9.59 Å². The maximum Gasteiger partial charge on any atom is 0.252 e. The number of benzene rings is 1. The average molecular weight is 376 g/mol. The van der Waals surface area contributed by atoms with E-state index in [0.717, 1.165) is 25.9 Å². The minimum atomic E-state index is -0.261. The Morgan fingerprint density at radius 2 is 2.04 bits per heavy atom. The SMILES string of the molecule is COCCNC(=O)c1ccc(NC(=O)C2CCNCC2)cc1Cl.Cl. The number of ether oxygens (including phenoxy) is 1. The van der Waals surface area contributed by atoms with Crippen LogP contribution in [0.5, 0.6) is 0 Å². The van der Waals surface area contributed by atoms with Crippen molar-refractivity contribution in [1.29, 1.82) is 0 Å². The van der Waals surface area contributed by atoms with Gasteiger partial charge in [-0.25, -0.2) is 0 Å². The smallest absolute Gasteiger partial charge is 0.252 e. The minimum Gasteiger partial charge on any atom is -0.383 e. The number of carbonyl (C=O) groups excluding carboxylic acids is 2. The molecule has 6 nitrogen and oxygen atoms in total. The van der Waals surface area contributed by atoms with Gasteiger partial charge in [0.05, 0.1) is 17.2 Å². The van der Waals surface area contributed by atoms with Crippen LogP contribution in [-0.2, 0) is 9.53 Å². The quantitative estimate of drug-likeness (QED) is 0.665. The fourth-order valence-electron chi connectivity index (χ4n) is 2.47. The summed E-state index contributed by atoms with van der Waals surface area (Å²) in [6.07, 6.45) is 1.67. The molecule has 1 aromatic carbocycles. The summed E-state index contributed by atoms with van der Waals surface area (Å²) in [4.78, 5) is 24.2. The molecular weight excluding hydrogens is 353 g/mol. The van der Waals surface area contributed by atoms with E-state index in [2.05, 4.69) is 16.0 Å². The molecule has 24 heavy (non-hydrogen) atoms. The van der Waals surface area contributed by atoms with E-state index in [0.29, 0.717) is 29.4 Å². The lowest BCUT2D eigenvalue weighted by Gasteiger charge is -2.21. The zero-order valence-corrected chi connectivity index (χ0v) is 15.1. The van der Waals surface area contributed by atoms with Crippen LogP contribution in [0.2, 0.25) is 5.02 Å². The van der Waals surface area contributed by atoms with Crippen LogP contribution in [0.15, 0.2) is 18.2 Å². The van der Waals surface area contributed by atoms with Gasteiger partial charge < -0.3 is 20.7 Å². The number of hydrogen-bond acceptors (Lipinski definition) is 4. The summed E-state index contributed by atoms with van der Waals surface area (Å²) < 4.78 is 4.88. The Labute approximate surface area is 153 Å². The van der Waals surface area contributed by atoms with Crippen molar-refractivity contribution in [3.63, 3.8) is 0 Å². The molecule has 0 aromatic heterocycles. The Bertz CT molecular complexity index is 563. The van der Waals surface area contributed by atoms with Crippen LogP contribution in [0.4, 0.5) is 5.69 Å². The molecule has 1 heterocycles. The summed E-state index contributed by atoms with van der Waals surface area (Å²) in [6.45, 7) is 2.58. The lowest BCUT2D eigenvalue weighted by molar-refractivity contribution is -0.120. The Morgan fingerprint density at radius 1 is 1.33 bits per heavy atom. The summed E-state index contributed by atoms with van der Waals surface area (Å²) in [5.74, 6) is -0.241. The zero-order valence-electron chi connectivity index (χ0n) is 13.6. The van der Waals surface area contributed by atoms with Crippen LogP contribution < -0.4 is 16.0 Å². The molecule has 1 aromatic rings. The largest absolute Gasteiger partial charge is 0.383 e. The van der Waals surface area contributed by atoms with Gasteiger partial charge in [-0.15, -0.1) is 12.4 Å². The topological polar surface area (TPSA) is 79.5 Å². The number of hydrogen-bond donors (Lipinski definition) is 3. The first-order valence-electron chi connectivity index (χ1n) is 7.70. The third kappa shape index (κ3) is 5.94. The first-order chi connectivity index (χ1) is 11.1. The Morgan fingerprint density at radius 3 is 2.67 bits per heavy atom. The third-order valence-corrected chi connectivity index (χ3v) is 4.10. The van der Waals surface area contributed by atoms with Gasteiger partial charge in [0.2, 0.25) is 5.91 Å². The van der Waals surface area contributed by atoms with Crippen molar-refractivity contribution in [2.24, 2.45) is 5.92 Å². The van der Waals surface area contributed by atoms with Gasteiger partial charge in [-0.3, -0.25) is 9.59 Å². The summed E-state index contributed by atoms with van der Waals surface area (Å²) in [6, 6.07) is 4.91. The van der Waals surface area contributed by atoms with Crippen molar-refractivity contribution in [3.8, 4) is 0 Å². The maximum atomic E-state index is 12.2. The molecule has 1 aliphatic heterocycles. The highest BCUT2D eigenvalue weighted by molar-refractivity contribution is 6.34. The van der Waals surface area contributed by atoms with Crippen molar-refractivity contribution >= 4 is 41.5 Å². The van der Waals surface area contributed by atoms with Crippen molar-refractivity contribution in [2.75, 3.05) is 38.7 Å². The molecule has 0 spiro atoms. The monoisotopic (exact) mass is 375 g/mol. The van der Waals surface area contributed by atoms with Crippen molar-refractivity contribution in [2.45, 2.75) is 12.8 Å². The fraction of sp³-hybridized carbons (Fsp3) is 0.500. The number of carbonyl (C=O) groups is 2. The number of halogens is 2. The molecule has 0 atom stereocenters. The predicted octanol–water partition coefficient (Wildman–Crippen LogP) is 2.08. The summed E-state index contributed by atoms with van der Waals surface area (Å²) in [5, 5.41) is 9.12. The van der Waals surface area contributed by atoms with Crippen molar-refractivity contribution < 1.29 is 14.3 Å². The average Bonchev–Trinajstić information content (AvgIpc) is 2.56. The first-order valence-corrected chi connectivity index (χ1v) is 8.08. The predicted molar refractivity (Wildman–Crippen MR) is 97.1 cm³/mol. The van der Waals surface area contributed by atoms with E-state index in [1.54, 1.807) is 25.3 Å².